The molecule has 0 saturated carbocycles. The van der Waals surface area contributed by atoms with Gasteiger partial charge in [0.2, 0.25) is 5.91 Å². The summed E-state index contributed by atoms with van der Waals surface area (Å²) in [7, 11) is 0. The Morgan fingerprint density at radius 2 is 2.42 bits per heavy atom. The lowest BCUT2D eigenvalue weighted by Gasteiger charge is -2.16. The largest absolute Gasteiger partial charge is 0.377 e. The number of nitrogens with one attached hydrogen (secondary N) is 1. The van der Waals surface area contributed by atoms with Gasteiger partial charge in [-0.05, 0) is 30.5 Å². The van der Waals surface area contributed by atoms with E-state index in [0.717, 1.165) is 18.4 Å². The van der Waals surface area contributed by atoms with Gasteiger partial charge in [-0.2, -0.15) is 5.26 Å². The molecule has 0 aromatic heterocycles. The number of hydrogen-bond acceptors (Lipinski definition) is 3. The van der Waals surface area contributed by atoms with Crippen LogP contribution in [-0.2, 0) is 16.1 Å². The second-order valence-electron chi connectivity index (χ2n) is 4.74. The highest BCUT2D eigenvalue weighted by Crippen LogP contribution is 2.23. The number of hydrogen-bond donors (Lipinski definition) is 1. The SMILES string of the molecule is CCC1OCCC1C(=O)NCc1cccc(C#N)c1. The Hall–Kier alpha value is -1.86. The Labute approximate surface area is 113 Å². The quantitative estimate of drug-likeness (QED) is 0.898. The van der Waals surface area contributed by atoms with Gasteiger partial charge in [-0.25, -0.2) is 0 Å². The van der Waals surface area contributed by atoms with Gasteiger partial charge in [0.05, 0.1) is 23.7 Å². The van der Waals surface area contributed by atoms with Crippen molar-refractivity contribution in [1.29, 1.82) is 5.26 Å². The van der Waals surface area contributed by atoms with Crippen LogP contribution in [0.5, 0.6) is 0 Å². The lowest BCUT2D eigenvalue weighted by Crippen LogP contribution is -2.34. The van der Waals surface area contributed by atoms with Gasteiger partial charge in [-0.3, -0.25) is 4.79 Å². The molecule has 0 spiro atoms. The molecule has 100 valence electrons. The molecule has 4 heteroatoms. The van der Waals surface area contributed by atoms with Crippen molar-refractivity contribution in [3.8, 4) is 6.07 Å². The number of amides is 1. The molecule has 19 heavy (non-hydrogen) atoms. The molecule has 0 radical (unpaired) electrons. The Balaban J connectivity index is 1.91. The molecule has 1 N–H and O–H groups in total. The first-order valence-corrected chi connectivity index (χ1v) is 6.63. The fourth-order valence-electron chi connectivity index (χ4n) is 2.42. The summed E-state index contributed by atoms with van der Waals surface area (Å²) in [5.74, 6) is 0.0101. The summed E-state index contributed by atoms with van der Waals surface area (Å²) in [4.78, 5) is 12.1. The van der Waals surface area contributed by atoms with Crippen molar-refractivity contribution in [2.75, 3.05) is 6.61 Å². The van der Waals surface area contributed by atoms with Crippen LogP contribution in [0.15, 0.2) is 24.3 Å². The molecule has 1 aliphatic rings. The molecule has 1 aromatic rings. The van der Waals surface area contributed by atoms with Gasteiger partial charge in [-0.15, -0.1) is 0 Å². The molecule has 1 aromatic carbocycles. The van der Waals surface area contributed by atoms with Crippen molar-refractivity contribution in [2.24, 2.45) is 5.92 Å². The normalized spacial score (nSPS) is 21.9. The van der Waals surface area contributed by atoms with Gasteiger partial charge < -0.3 is 10.1 Å². The molecule has 0 aliphatic carbocycles. The van der Waals surface area contributed by atoms with E-state index in [1.807, 2.05) is 19.1 Å². The van der Waals surface area contributed by atoms with Crippen LogP contribution in [-0.4, -0.2) is 18.6 Å². The van der Waals surface area contributed by atoms with Crippen LogP contribution in [0.2, 0.25) is 0 Å². The molecular formula is C15H18N2O2. The van der Waals surface area contributed by atoms with Crippen molar-refractivity contribution in [3.63, 3.8) is 0 Å². The summed E-state index contributed by atoms with van der Waals surface area (Å²) in [5, 5.41) is 11.8. The van der Waals surface area contributed by atoms with E-state index in [1.165, 1.54) is 0 Å². The molecule has 2 unspecified atom stereocenters. The van der Waals surface area contributed by atoms with Crippen LogP contribution in [0.4, 0.5) is 0 Å². The molecule has 4 nitrogen and oxygen atoms in total. The standard InChI is InChI=1S/C15H18N2O2/c1-2-14-13(6-7-19-14)15(18)17-10-12-5-3-4-11(8-12)9-16/h3-5,8,13-14H,2,6-7,10H2,1H3,(H,17,18). The number of ether oxygens (including phenoxy) is 1. The number of nitriles is 1. The molecule has 1 saturated heterocycles. The highest BCUT2D eigenvalue weighted by atomic mass is 16.5. The second-order valence-corrected chi connectivity index (χ2v) is 4.74. The number of carbonyl (C=O) groups excluding carboxylic acids is 1. The maximum atomic E-state index is 12.1. The fourth-order valence-corrected chi connectivity index (χ4v) is 2.42. The first kappa shape index (κ1) is 13.6. The van der Waals surface area contributed by atoms with Gasteiger partial charge in [0.25, 0.3) is 0 Å². The highest BCUT2D eigenvalue weighted by Gasteiger charge is 2.32. The minimum absolute atomic E-state index is 0.0378. The Morgan fingerprint density at radius 3 is 3.16 bits per heavy atom. The Morgan fingerprint density at radius 1 is 1.58 bits per heavy atom. The van der Waals surface area contributed by atoms with Crippen molar-refractivity contribution in [3.05, 3.63) is 35.4 Å². The van der Waals surface area contributed by atoms with E-state index >= 15 is 0 Å². The van der Waals surface area contributed by atoms with Crippen LogP contribution in [0, 0.1) is 17.2 Å². The molecule has 0 bridgehead atoms. The molecule has 2 atom stereocenters. The van der Waals surface area contributed by atoms with E-state index in [9.17, 15) is 4.79 Å². The van der Waals surface area contributed by atoms with Gasteiger partial charge in [0.1, 0.15) is 0 Å². The third-order valence-corrected chi connectivity index (χ3v) is 3.47. The number of carbonyl (C=O) groups is 1. The van der Waals surface area contributed by atoms with Crippen molar-refractivity contribution in [1.82, 2.24) is 5.32 Å². The molecule has 1 fully saturated rings. The lowest BCUT2D eigenvalue weighted by molar-refractivity contribution is -0.126. The minimum atomic E-state index is -0.0378. The molecule has 1 aliphatic heterocycles. The van der Waals surface area contributed by atoms with Gasteiger partial charge >= 0.3 is 0 Å². The van der Waals surface area contributed by atoms with Crippen molar-refractivity contribution < 1.29 is 9.53 Å². The Kier molecular flexibility index (Phi) is 4.53. The summed E-state index contributed by atoms with van der Waals surface area (Å²) in [6.07, 6.45) is 1.70. The van der Waals surface area contributed by atoms with E-state index < -0.39 is 0 Å². The van der Waals surface area contributed by atoms with E-state index in [1.54, 1.807) is 12.1 Å². The summed E-state index contributed by atoms with van der Waals surface area (Å²) in [5.41, 5.74) is 1.56. The molecule has 1 amide bonds. The highest BCUT2D eigenvalue weighted by molar-refractivity contribution is 5.79. The van der Waals surface area contributed by atoms with Crippen LogP contribution in [0.3, 0.4) is 0 Å². The number of nitrogens with zero attached hydrogens (tertiary/aromatic N) is 1. The topological polar surface area (TPSA) is 62.1 Å². The number of rotatable bonds is 4. The predicted octanol–water partition coefficient (Wildman–Crippen LogP) is 1.99. The average molecular weight is 258 g/mol. The maximum Gasteiger partial charge on any atom is 0.226 e. The average Bonchev–Trinajstić information content (AvgIpc) is 2.93. The monoisotopic (exact) mass is 258 g/mol. The molecule has 2 rings (SSSR count). The van der Waals surface area contributed by atoms with Crippen LogP contribution >= 0.6 is 0 Å². The van der Waals surface area contributed by atoms with Crippen molar-refractivity contribution >= 4 is 5.91 Å². The van der Waals surface area contributed by atoms with Crippen LogP contribution < -0.4 is 5.32 Å². The predicted molar refractivity (Wildman–Crippen MR) is 71.1 cm³/mol. The second kappa shape index (κ2) is 6.35. The molecular weight excluding hydrogens is 240 g/mol. The first-order chi connectivity index (χ1) is 9.24. The first-order valence-electron chi connectivity index (χ1n) is 6.63. The fraction of sp³-hybridized carbons (Fsp3) is 0.467. The number of benzene rings is 1. The maximum absolute atomic E-state index is 12.1. The zero-order valence-corrected chi connectivity index (χ0v) is 11.1. The van der Waals surface area contributed by atoms with Gasteiger partial charge in [0, 0.05) is 13.2 Å². The van der Waals surface area contributed by atoms with Crippen LogP contribution in [0.25, 0.3) is 0 Å². The van der Waals surface area contributed by atoms with Crippen molar-refractivity contribution in [2.45, 2.75) is 32.4 Å². The van der Waals surface area contributed by atoms with E-state index in [4.69, 9.17) is 10.00 Å². The third kappa shape index (κ3) is 3.33. The lowest BCUT2D eigenvalue weighted by atomic mass is 9.98. The summed E-state index contributed by atoms with van der Waals surface area (Å²) < 4.78 is 5.52. The zero-order valence-electron chi connectivity index (χ0n) is 11.1. The summed E-state index contributed by atoms with van der Waals surface area (Å²) in [6, 6.07) is 9.37. The Bertz CT molecular complexity index is 493. The smallest absolute Gasteiger partial charge is 0.226 e. The third-order valence-electron chi connectivity index (χ3n) is 3.47. The zero-order chi connectivity index (χ0) is 13.7. The summed E-state index contributed by atoms with van der Waals surface area (Å²) >= 11 is 0. The molecule has 1 heterocycles. The minimum Gasteiger partial charge on any atom is -0.377 e. The van der Waals surface area contributed by atoms with E-state index in [-0.39, 0.29) is 17.9 Å². The van der Waals surface area contributed by atoms with Gasteiger partial charge in [-0.1, -0.05) is 19.1 Å². The van der Waals surface area contributed by atoms with Crippen LogP contribution in [0.1, 0.15) is 30.9 Å². The van der Waals surface area contributed by atoms with Gasteiger partial charge in [0.15, 0.2) is 0 Å². The van der Waals surface area contributed by atoms with E-state index in [2.05, 4.69) is 11.4 Å². The summed E-state index contributed by atoms with van der Waals surface area (Å²) in [6.45, 7) is 3.16. The van der Waals surface area contributed by atoms with E-state index in [0.29, 0.717) is 18.7 Å².